The zero-order valence-electron chi connectivity index (χ0n) is 6.53. The highest BCUT2D eigenvalue weighted by molar-refractivity contribution is 4.74. The van der Waals surface area contributed by atoms with Crippen molar-refractivity contribution in [1.29, 1.82) is 0 Å². The molecular formula is C7H16NO. The van der Waals surface area contributed by atoms with Crippen LogP contribution in [-0.4, -0.2) is 18.7 Å². The number of rotatable bonds is 4. The van der Waals surface area contributed by atoms with Crippen molar-refractivity contribution in [3.63, 3.8) is 0 Å². The Labute approximate surface area is 57.3 Å². The summed E-state index contributed by atoms with van der Waals surface area (Å²) in [5.74, 6) is 0. The third kappa shape index (κ3) is 4.43. The molecule has 0 unspecified atom stereocenters. The van der Waals surface area contributed by atoms with E-state index in [0.29, 0.717) is 6.54 Å². The maximum absolute atomic E-state index is 10.0. The molecule has 1 radical (unpaired) electrons. The second-order valence-corrected chi connectivity index (χ2v) is 2.87. The van der Waals surface area contributed by atoms with Crippen molar-refractivity contribution >= 4 is 0 Å². The highest BCUT2D eigenvalue weighted by atomic mass is 16.3. The van der Waals surface area contributed by atoms with Crippen LogP contribution in [0.2, 0.25) is 0 Å². The second kappa shape index (κ2) is 3.85. The molecule has 0 fully saturated rings. The van der Waals surface area contributed by atoms with Gasteiger partial charge in [-0.1, -0.05) is 6.92 Å². The molecule has 0 bridgehead atoms. The first-order valence-corrected chi connectivity index (χ1v) is 3.45. The molecule has 0 aliphatic carbocycles. The first kappa shape index (κ1) is 8.92. The van der Waals surface area contributed by atoms with Gasteiger partial charge in [0.1, 0.15) is 0 Å². The zero-order chi connectivity index (χ0) is 7.33. The first-order chi connectivity index (χ1) is 4.12. The van der Waals surface area contributed by atoms with E-state index in [0.717, 1.165) is 6.42 Å². The second-order valence-electron chi connectivity index (χ2n) is 2.87. The van der Waals surface area contributed by atoms with Crippen molar-refractivity contribution in [2.45, 2.75) is 32.7 Å². The lowest BCUT2D eigenvalue weighted by Crippen LogP contribution is -2.39. The average molecular weight is 130 g/mol. The van der Waals surface area contributed by atoms with Crippen LogP contribution in [0.4, 0.5) is 0 Å². The molecule has 0 saturated carbocycles. The van der Waals surface area contributed by atoms with E-state index in [2.05, 4.69) is 26.1 Å². The van der Waals surface area contributed by atoms with Gasteiger partial charge in [0.05, 0.1) is 6.61 Å². The monoisotopic (exact) mass is 130 g/mol. The Hall–Kier alpha value is -0.0800. The van der Waals surface area contributed by atoms with E-state index in [1.807, 2.05) is 0 Å². The SMILES string of the molecule is CCC(C)(C)NCC[O]. The molecule has 2 heteroatoms. The van der Waals surface area contributed by atoms with E-state index >= 15 is 0 Å². The fourth-order valence-electron chi connectivity index (χ4n) is 0.514. The Kier molecular flexibility index (Phi) is 3.82. The molecule has 0 aliphatic rings. The molecular weight excluding hydrogens is 114 g/mol. The predicted molar refractivity (Wildman–Crippen MR) is 37.9 cm³/mol. The van der Waals surface area contributed by atoms with Crippen molar-refractivity contribution in [3.8, 4) is 0 Å². The fraction of sp³-hybridized carbons (Fsp3) is 1.00. The van der Waals surface area contributed by atoms with Crippen LogP contribution in [0.3, 0.4) is 0 Å². The quantitative estimate of drug-likeness (QED) is 0.609. The summed E-state index contributed by atoms with van der Waals surface area (Å²) in [7, 11) is 0. The lowest BCUT2D eigenvalue weighted by molar-refractivity contribution is 0.181. The maximum Gasteiger partial charge on any atom is 0.0946 e. The molecule has 0 rings (SSSR count). The number of nitrogens with one attached hydrogen (secondary N) is 1. The van der Waals surface area contributed by atoms with Crippen LogP contribution in [-0.2, 0) is 5.11 Å². The van der Waals surface area contributed by atoms with E-state index < -0.39 is 0 Å². The summed E-state index contributed by atoms with van der Waals surface area (Å²) in [6.07, 6.45) is 1.06. The Morgan fingerprint density at radius 2 is 2.00 bits per heavy atom. The average Bonchev–Trinajstić information content (AvgIpc) is 1.84. The van der Waals surface area contributed by atoms with E-state index in [1.165, 1.54) is 0 Å². The van der Waals surface area contributed by atoms with Crippen LogP contribution in [0.15, 0.2) is 0 Å². The number of hydrogen-bond acceptors (Lipinski definition) is 1. The third-order valence-electron chi connectivity index (χ3n) is 1.59. The molecule has 0 aliphatic heterocycles. The van der Waals surface area contributed by atoms with Gasteiger partial charge in [-0.25, -0.2) is 5.11 Å². The molecule has 55 valence electrons. The van der Waals surface area contributed by atoms with E-state index in [1.54, 1.807) is 0 Å². The van der Waals surface area contributed by atoms with E-state index in [4.69, 9.17) is 0 Å². The summed E-state index contributed by atoms with van der Waals surface area (Å²) >= 11 is 0. The van der Waals surface area contributed by atoms with Crippen molar-refractivity contribution < 1.29 is 5.11 Å². The van der Waals surface area contributed by atoms with Gasteiger partial charge in [-0.05, 0) is 20.3 Å². The lowest BCUT2D eigenvalue weighted by Gasteiger charge is -2.23. The van der Waals surface area contributed by atoms with Crippen LogP contribution >= 0.6 is 0 Å². The topological polar surface area (TPSA) is 31.9 Å². The normalized spacial score (nSPS) is 12.0. The summed E-state index contributed by atoms with van der Waals surface area (Å²) in [5.41, 5.74) is 0.143. The van der Waals surface area contributed by atoms with Crippen LogP contribution in [0.1, 0.15) is 27.2 Å². The molecule has 0 aromatic carbocycles. The maximum atomic E-state index is 10.0. The summed E-state index contributed by atoms with van der Waals surface area (Å²) in [6.45, 7) is 6.87. The highest BCUT2D eigenvalue weighted by Crippen LogP contribution is 2.05. The Morgan fingerprint density at radius 3 is 2.33 bits per heavy atom. The largest absolute Gasteiger partial charge is 0.309 e. The zero-order valence-corrected chi connectivity index (χ0v) is 6.53. The molecule has 0 amide bonds. The standard InChI is InChI=1S/C7H16NO/c1-4-7(2,3)8-5-6-9/h8H,4-6H2,1-3H3. The fourth-order valence-corrected chi connectivity index (χ4v) is 0.514. The van der Waals surface area contributed by atoms with E-state index in [9.17, 15) is 5.11 Å². The third-order valence-corrected chi connectivity index (χ3v) is 1.59. The molecule has 0 heterocycles. The van der Waals surface area contributed by atoms with Gasteiger partial charge in [0.2, 0.25) is 0 Å². The van der Waals surface area contributed by atoms with Gasteiger partial charge in [0.15, 0.2) is 0 Å². The summed E-state index contributed by atoms with van der Waals surface area (Å²) in [5, 5.41) is 13.2. The summed E-state index contributed by atoms with van der Waals surface area (Å²) in [6, 6.07) is 0. The minimum Gasteiger partial charge on any atom is -0.309 e. The van der Waals surface area contributed by atoms with Gasteiger partial charge in [0.25, 0.3) is 0 Å². The first-order valence-electron chi connectivity index (χ1n) is 3.45. The van der Waals surface area contributed by atoms with Gasteiger partial charge in [-0.15, -0.1) is 0 Å². The minimum absolute atomic E-state index is 0.0244. The van der Waals surface area contributed by atoms with Crippen molar-refractivity contribution in [3.05, 3.63) is 0 Å². The number of hydrogen-bond donors (Lipinski definition) is 1. The molecule has 0 aromatic heterocycles. The Bertz CT molecular complexity index is 71.3. The van der Waals surface area contributed by atoms with Gasteiger partial charge in [-0.2, -0.15) is 0 Å². The molecule has 2 nitrogen and oxygen atoms in total. The Balaban J connectivity index is 3.33. The van der Waals surface area contributed by atoms with Crippen LogP contribution < -0.4 is 5.32 Å². The molecule has 9 heavy (non-hydrogen) atoms. The minimum atomic E-state index is -0.0244. The Morgan fingerprint density at radius 1 is 1.44 bits per heavy atom. The molecule has 0 spiro atoms. The van der Waals surface area contributed by atoms with Gasteiger partial charge in [-0.3, -0.25) is 0 Å². The van der Waals surface area contributed by atoms with Crippen LogP contribution in [0.25, 0.3) is 0 Å². The molecule has 0 saturated heterocycles. The summed E-state index contributed by atoms with van der Waals surface area (Å²) in [4.78, 5) is 0. The van der Waals surface area contributed by atoms with Crippen LogP contribution in [0.5, 0.6) is 0 Å². The van der Waals surface area contributed by atoms with Gasteiger partial charge < -0.3 is 5.32 Å². The summed E-state index contributed by atoms with van der Waals surface area (Å²) < 4.78 is 0. The lowest BCUT2D eigenvalue weighted by atomic mass is 10.0. The van der Waals surface area contributed by atoms with Gasteiger partial charge >= 0.3 is 0 Å². The van der Waals surface area contributed by atoms with Crippen molar-refractivity contribution in [1.82, 2.24) is 5.32 Å². The van der Waals surface area contributed by atoms with Crippen molar-refractivity contribution in [2.75, 3.05) is 13.2 Å². The smallest absolute Gasteiger partial charge is 0.0946 e. The molecule has 1 N–H and O–H groups in total. The predicted octanol–water partition coefficient (Wildman–Crippen LogP) is 1.20. The van der Waals surface area contributed by atoms with E-state index in [-0.39, 0.29) is 12.1 Å². The van der Waals surface area contributed by atoms with Crippen molar-refractivity contribution in [2.24, 2.45) is 0 Å². The van der Waals surface area contributed by atoms with Gasteiger partial charge in [0, 0.05) is 12.1 Å². The van der Waals surface area contributed by atoms with Crippen LogP contribution in [0, 0.1) is 0 Å². The molecule has 0 aromatic rings. The molecule has 0 atom stereocenters. The highest BCUT2D eigenvalue weighted by Gasteiger charge is 2.11.